The van der Waals surface area contributed by atoms with Gasteiger partial charge >= 0.3 is 0 Å². The van der Waals surface area contributed by atoms with E-state index in [4.69, 9.17) is 0 Å². The summed E-state index contributed by atoms with van der Waals surface area (Å²) in [5.74, 6) is 0.442. The van der Waals surface area contributed by atoms with Gasteiger partial charge in [-0.2, -0.15) is 5.10 Å². The molecule has 1 aliphatic rings. The maximum absolute atomic E-state index is 12.3. The van der Waals surface area contributed by atoms with Crippen molar-refractivity contribution in [1.29, 1.82) is 0 Å². The molecule has 1 aromatic carbocycles. The van der Waals surface area contributed by atoms with Crippen LogP contribution in [0.5, 0.6) is 0 Å². The Morgan fingerprint density at radius 2 is 2.32 bits per heavy atom. The van der Waals surface area contributed by atoms with Gasteiger partial charge in [0, 0.05) is 24.5 Å². The van der Waals surface area contributed by atoms with E-state index in [2.05, 4.69) is 10.2 Å². The number of carbonyl (C=O) groups is 1. The van der Waals surface area contributed by atoms with E-state index in [1.54, 1.807) is 11.1 Å². The molecule has 2 aromatic rings. The van der Waals surface area contributed by atoms with Crippen molar-refractivity contribution < 1.29 is 9.90 Å². The summed E-state index contributed by atoms with van der Waals surface area (Å²) in [7, 11) is 1.81. The summed E-state index contributed by atoms with van der Waals surface area (Å²) in [6.07, 6.45) is 3.17. The van der Waals surface area contributed by atoms with Crippen LogP contribution < -0.4 is 0 Å². The molecule has 1 heterocycles. The van der Waals surface area contributed by atoms with Crippen molar-refractivity contribution in [3.63, 3.8) is 0 Å². The highest BCUT2D eigenvalue weighted by Gasteiger charge is 2.29. The van der Waals surface area contributed by atoms with Gasteiger partial charge in [-0.25, -0.2) is 0 Å². The van der Waals surface area contributed by atoms with Gasteiger partial charge in [-0.3, -0.25) is 9.89 Å². The fourth-order valence-electron chi connectivity index (χ4n) is 2.61. The van der Waals surface area contributed by atoms with Crippen molar-refractivity contribution in [3.8, 4) is 0 Å². The van der Waals surface area contributed by atoms with Gasteiger partial charge in [0.05, 0.1) is 17.8 Å². The highest BCUT2D eigenvalue weighted by Crippen LogP contribution is 2.28. The monoisotopic (exact) mass is 259 g/mol. The summed E-state index contributed by atoms with van der Waals surface area (Å²) in [6, 6.07) is 5.55. The standard InChI is InChI=1S/C14H17N3O2/c1-17(8-9-4-12(18)5-9)14(19)10-2-3-11-7-15-16-13(11)6-10/h2-3,6-7,9,12,18H,4-5,8H2,1H3,(H,15,16). The Hall–Kier alpha value is -1.88. The van der Waals surface area contributed by atoms with Crippen LogP contribution in [0, 0.1) is 5.92 Å². The van der Waals surface area contributed by atoms with Crippen molar-refractivity contribution in [1.82, 2.24) is 15.1 Å². The molecule has 19 heavy (non-hydrogen) atoms. The number of amides is 1. The largest absolute Gasteiger partial charge is 0.393 e. The molecule has 1 amide bonds. The molecule has 5 heteroatoms. The van der Waals surface area contributed by atoms with Gasteiger partial charge in [0.2, 0.25) is 0 Å². The molecule has 0 atom stereocenters. The van der Waals surface area contributed by atoms with E-state index in [1.165, 1.54) is 0 Å². The summed E-state index contributed by atoms with van der Waals surface area (Å²) in [5.41, 5.74) is 1.54. The van der Waals surface area contributed by atoms with Crippen LogP contribution in [0.1, 0.15) is 23.2 Å². The first-order valence-corrected chi connectivity index (χ1v) is 6.50. The van der Waals surface area contributed by atoms with Crippen molar-refractivity contribution >= 4 is 16.8 Å². The van der Waals surface area contributed by atoms with Gasteiger partial charge in [0.1, 0.15) is 0 Å². The van der Waals surface area contributed by atoms with Crippen molar-refractivity contribution in [3.05, 3.63) is 30.0 Å². The van der Waals surface area contributed by atoms with Gasteiger partial charge in [-0.05, 0) is 30.9 Å². The van der Waals surface area contributed by atoms with Crippen LogP contribution in [0.25, 0.3) is 10.9 Å². The molecule has 1 aliphatic carbocycles. The molecule has 2 N–H and O–H groups in total. The van der Waals surface area contributed by atoms with Crippen LogP contribution in [0.4, 0.5) is 0 Å². The van der Waals surface area contributed by atoms with E-state index in [9.17, 15) is 9.90 Å². The number of nitrogens with one attached hydrogen (secondary N) is 1. The quantitative estimate of drug-likeness (QED) is 0.875. The molecular weight excluding hydrogens is 242 g/mol. The molecular formula is C14H17N3O2. The number of aromatic nitrogens is 2. The van der Waals surface area contributed by atoms with Gasteiger partial charge in [-0.1, -0.05) is 6.07 Å². The summed E-state index contributed by atoms with van der Waals surface area (Å²) >= 11 is 0. The Labute approximate surface area is 111 Å². The van der Waals surface area contributed by atoms with E-state index >= 15 is 0 Å². The molecule has 0 spiro atoms. The fourth-order valence-corrected chi connectivity index (χ4v) is 2.61. The molecule has 0 saturated heterocycles. The van der Waals surface area contributed by atoms with E-state index < -0.39 is 0 Å². The molecule has 5 nitrogen and oxygen atoms in total. The number of aromatic amines is 1. The van der Waals surface area contributed by atoms with Crippen LogP contribution in [-0.2, 0) is 0 Å². The maximum atomic E-state index is 12.3. The zero-order valence-corrected chi connectivity index (χ0v) is 10.8. The minimum atomic E-state index is -0.171. The molecule has 1 fully saturated rings. The normalized spacial score (nSPS) is 22.2. The average molecular weight is 259 g/mol. The summed E-state index contributed by atoms with van der Waals surface area (Å²) in [6.45, 7) is 0.705. The van der Waals surface area contributed by atoms with Crippen molar-refractivity contribution in [2.45, 2.75) is 18.9 Å². The lowest BCUT2D eigenvalue weighted by Gasteiger charge is -2.34. The first-order chi connectivity index (χ1) is 9.13. The zero-order chi connectivity index (χ0) is 13.4. The van der Waals surface area contributed by atoms with E-state index in [1.807, 2.05) is 25.2 Å². The topological polar surface area (TPSA) is 69.2 Å². The lowest BCUT2D eigenvalue weighted by Crippen LogP contribution is -2.39. The second-order valence-electron chi connectivity index (χ2n) is 5.35. The maximum Gasteiger partial charge on any atom is 0.253 e. The predicted octanol–water partition coefficient (Wildman–Crippen LogP) is 1.41. The van der Waals surface area contributed by atoms with Gasteiger partial charge in [0.25, 0.3) is 5.91 Å². The Balaban J connectivity index is 1.71. The first kappa shape index (κ1) is 12.2. The van der Waals surface area contributed by atoms with Crippen LogP contribution in [0.2, 0.25) is 0 Å². The third kappa shape index (κ3) is 2.33. The number of carbonyl (C=O) groups excluding carboxylic acids is 1. The third-order valence-corrected chi connectivity index (χ3v) is 3.78. The highest BCUT2D eigenvalue weighted by atomic mass is 16.3. The number of nitrogens with zero attached hydrogens (tertiary/aromatic N) is 2. The Kier molecular flexibility index (Phi) is 2.98. The molecule has 1 saturated carbocycles. The van der Waals surface area contributed by atoms with E-state index in [-0.39, 0.29) is 12.0 Å². The van der Waals surface area contributed by atoms with Crippen LogP contribution >= 0.6 is 0 Å². The molecule has 100 valence electrons. The zero-order valence-electron chi connectivity index (χ0n) is 10.8. The third-order valence-electron chi connectivity index (χ3n) is 3.78. The summed E-state index contributed by atoms with van der Waals surface area (Å²) in [4.78, 5) is 14.0. The first-order valence-electron chi connectivity index (χ1n) is 6.50. The smallest absolute Gasteiger partial charge is 0.253 e. The second-order valence-corrected chi connectivity index (χ2v) is 5.35. The van der Waals surface area contributed by atoms with E-state index in [0.29, 0.717) is 18.0 Å². The minimum Gasteiger partial charge on any atom is -0.393 e. The fraction of sp³-hybridized carbons (Fsp3) is 0.429. The van der Waals surface area contributed by atoms with Gasteiger partial charge in [0.15, 0.2) is 0 Å². The Morgan fingerprint density at radius 1 is 1.53 bits per heavy atom. The SMILES string of the molecule is CN(CC1CC(O)C1)C(=O)c1ccc2cn[nH]c2c1. The molecule has 1 aromatic heterocycles. The lowest BCUT2D eigenvalue weighted by molar-refractivity contribution is 0.0265. The van der Waals surface area contributed by atoms with Crippen LogP contribution in [0.3, 0.4) is 0 Å². The number of aliphatic hydroxyl groups is 1. The number of fused-ring (bicyclic) bond motifs is 1. The number of aliphatic hydroxyl groups excluding tert-OH is 1. The Morgan fingerprint density at radius 3 is 3.05 bits per heavy atom. The highest BCUT2D eigenvalue weighted by molar-refractivity contribution is 5.97. The van der Waals surface area contributed by atoms with Gasteiger partial charge in [-0.15, -0.1) is 0 Å². The lowest BCUT2D eigenvalue weighted by atomic mass is 9.82. The van der Waals surface area contributed by atoms with E-state index in [0.717, 1.165) is 23.7 Å². The summed E-state index contributed by atoms with van der Waals surface area (Å²) in [5, 5.41) is 17.1. The molecule has 0 bridgehead atoms. The molecule has 0 aliphatic heterocycles. The van der Waals surface area contributed by atoms with Crippen molar-refractivity contribution in [2.75, 3.05) is 13.6 Å². The van der Waals surface area contributed by atoms with Crippen LogP contribution in [-0.4, -0.2) is 45.8 Å². The Bertz CT molecular complexity index is 602. The number of H-pyrrole nitrogens is 1. The number of hydrogen-bond acceptors (Lipinski definition) is 3. The van der Waals surface area contributed by atoms with Crippen LogP contribution in [0.15, 0.2) is 24.4 Å². The predicted molar refractivity (Wildman–Crippen MR) is 71.8 cm³/mol. The molecule has 3 rings (SSSR count). The number of benzene rings is 1. The molecule has 0 unspecified atom stereocenters. The average Bonchev–Trinajstić information content (AvgIpc) is 2.83. The number of rotatable bonds is 3. The molecule has 0 radical (unpaired) electrons. The minimum absolute atomic E-state index is 0.0119. The van der Waals surface area contributed by atoms with Gasteiger partial charge < -0.3 is 10.0 Å². The number of hydrogen-bond donors (Lipinski definition) is 2. The summed E-state index contributed by atoms with van der Waals surface area (Å²) < 4.78 is 0. The second kappa shape index (κ2) is 4.66. The van der Waals surface area contributed by atoms with Crippen molar-refractivity contribution in [2.24, 2.45) is 5.92 Å².